The van der Waals surface area contributed by atoms with E-state index >= 15 is 0 Å². The van der Waals surface area contributed by atoms with Crippen molar-refractivity contribution in [1.82, 2.24) is 0 Å². The summed E-state index contributed by atoms with van der Waals surface area (Å²) in [6.45, 7) is 7.03. The van der Waals surface area contributed by atoms with Crippen LogP contribution in [0.5, 0.6) is 0 Å². The summed E-state index contributed by atoms with van der Waals surface area (Å²) in [7, 11) is 0.409. The summed E-state index contributed by atoms with van der Waals surface area (Å²) in [5, 5.41) is 0. The molecule has 0 aromatic carbocycles. The quantitative estimate of drug-likeness (QED) is 0.264. The van der Waals surface area contributed by atoms with Crippen molar-refractivity contribution in [3.05, 3.63) is 0 Å². The van der Waals surface area contributed by atoms with Crippen molar-refractivity contribution < 1.29 is 0 Å². The normalized spacial score (nSPS) is 11.3. The molecule has 0 atom stereocenters. The number of hydrogen-bond acceptors (Lipinski definition) is 0. The van der Waals surface area contributed by atoms with Crippen LogP contribution in [0.2, 0.25) is 0 Å². The van der Waals surface area contributed by atoms with E-state index in [0.717, 1.165) is 0 Å². The van der Waals surface area contributed by atoms with Crippen LogP contribution in [0.3, 0.4) is 0 Å². The molecule has 0 aliphatic rings. The molecule has 0 saturated heterocycles. The van der Waals surface area contributed by atoms with Crippen LogP contribution in [-0.2, 0) is 0 Å². The molecule has 0 fully saturated rings. The molecule has 0 nitrogen and oxygen atoms in total. The minimum atomic E-state index is 0.409. The Morgan fingerprint density at radius 3 is 1.35 bits per heavy atom. The van der Waals surface area contributed by atoms with Gasteiger partial charge in [0, 0.05) is 0 Å². The number of rotatable bonds is 13. The van der Waals surface area contributed by atoms with Crippen molar-refractivity contribution in [3.8, 4) is 0 Å². The van der Waals surface area contributed by atoms with Crippen LogP contribution in [0.1, 0.15) is 85.0 Å². The van der Waals surface area contributed by atoms with E-state index in [9.17, 15) is 0 Å². The first kappa shape index (κ1) is 17.4. The van der Waals surface area contributed by atoms with Crippen LogP contribution in [-0.4, -0.2) is 18.5 Å². The van der Waals surface area contributed by atoms with Gasteiger partial charge in [0.15, 0.2) is 0 Å². The van der Waals surface area contributed by atoms with Gasteiger partial charge < -0.3 is 0 Å². The lowest BCUT2D eigenvalue weighted by Gasteiger charge is -2.12. The van der Waals surface area contributed by atoms with Gasteiger partial charge in [0.05, 0.1) is 0 Å². The predicted octanol–water partition coefficient (Wildman–Crippen LogP) is 6.43. The van der Waals surface area contributed by atoms with Crippen molar-refractivity contribution in [3.63, 3.8) is 0 Å². The maximum atomic E-state index is 2.37. The third-order valence-electron chi connectivity index (χ3n) is 3.72. The van der Waals surface area contributed by atoms with E-state index in [-0.39, 0.29) is 0 Å². The van der Waals surface area contributed by atoms with E-state index < -0.39 is 0 Å². The maximum absolute atomic E-state index is 2.37. The Balaban J connectivity index is 3.03. The van der Waals surface area contributed by atoms with Crippen LogP contribution in [0.15, 0.2) is 0 Å². The second-order valence-corrected chi connectivity index (χ2v) is 8.26. The fraction of sp³-hybridized carbons (Fsp3) is 1.00. The van der Waals surface area contributed by atoms with Crippen LogP contribution < -0.4 is 0 Å². The molecule has 0 bridgehead atoms. The van der Waals surface area contributed by atoms with Gasteiger partial charge in [0.1, 0.15) is 0 Å². The highest BCUT2D eigenvalue weighted by Gasteiger charge is 2.01. The third kappa shape index (κ3) is 12.7. The van der Waals surface area contributed by atoms with Gasteiger partial charge in [-0.1, -0.05) is 78.6 Å². The number of hydrogen-bond donors (Lipinski definition) is 0. The average Bonchev–Trinajstić information content (AvgIpc) is 2.36. The van der Waals surface area contributed by atoms with E-state index in [1.54, 1.807) is 6.16 Å². The second kappa shape index (κ2) is 14.5. The number of unbranched alkanes of at least 4 members (excludes halogenated alkanes) is 9. The lowest BCUT2D eigenvalue weighted by molar-refractivity contribution is 0.563. The van der Waals surface area contributed by atoms with Gasteiger partial charge in [-0.25, -0.2) is 0 Å². The molecule has 0 heterocycles. The first-order chi connectivity index (χ1) is 8.35. The third-order valence-corrected chi connectivity index (χ3v) is 6.46. The minimum absolute atomic E-state index is 0.409. The minimum Gasteiger partial charge on any atom is -0.107 e. The van der Waals surface area contributed by atoms with Crippen molar-refractivity contribution >= 4 is 7.92 Å². The van der Waals surface area contributed by atoms with Crippen molar-refractivity contribution in [2.24, 2.45) is 0 Å². The van der Waals surface area contributed by atoms with Gasteiger partial charge in [0.2, 0.25) is 0 Å². The Morgan fingerprint density at radius 2 is 0.941 bits per heavy atom. The van der Waals surface area contributed by atoms with Gasteiger partial charge in [-0.15, -0.1) is 7.92 Å². The highest BCUT2D eigenvalue weighted by Crippen LogP contribution is 2.35. The standard InChI is InChI=1S/C16H35P/c1-4-7-8-9-10-11-12-13-14-15-16-17(5-2)6-3/h4-16H2,1-3H3. The fourth-order valence-electron chi connectivity index (χ4n) is 2.36. The summed E-state index contributed by atoms with van der Waals surface area (Å²) in [6.07, 6.45) is 19.1. The van der Waals surface area contributed by atoms with Gasteiger partial charge in [-0.05, 0) is 24.9 Å². The molecule has 0 radical (unpaired) electrons. The second-order valence-electron chi connectivity index (χ2n) is 5.21. The topological polar surface area (TPSA) is 0 Å². The monoisotopic (exact) mass is 258 g/mol. The molecule has 17 heavy (non-hydrogen) atoms. The molecule has 0 unspecified atom stereocenters. The molecule has 0 saturated carbocycles. The van der Waals surface area contributed by atoms with Gasteiger partial charge in [-0.3, -0.25) is 0 Å². The van der Waals surface area contributed by atoms with Gasteiger partial charge in [0.25, 0.3) is 0 Å². The molecule has 0 aromatic rings. The average molecular weight is 258 g/mol. The highest BCUT2D eigenvalue weighted by atomic mass is 31.1. The molecule has 0 amide bonds. The molecule has 1 heteroatoms. The summed E-state index contributed by atoms with van der Waals surface area (Å²) in [4.78, 5) is 0. The van der Waals surface area contributed by atoms with Gasteiger partial charge >= 0.3 is 0 Å². The Kier molecular flexibility index (Phi) is 14.9. The summed E-state index contributed by atoms with van der Waals surface area (Å²) in [5.74, 6) is 0. The highest BCUT2D eigenvalue weighted by molar-refractivity contribution is 7.57. The van der Waals surface area contributed by atoms with E-state index in [0.29, 0.717) is 7.92 Å². The fourth-order valence-corrected chi connectivity index (χ4v) is 4.11. The van der Waals surface area contributed by atoms with Gasteiger partial charge in [-0.2, -0.15) is 0 Å². The van der Waals surface area contributed by atoms with Crippen molar-refractivity contribution in [1.29, 1.82) is 0 Å². The lowest BCUT2D eigenvalue weighted by atomic mass is 10.1. The SMILES string of the molecule is CCCCCCCCCCCCP(CC)CC. The molecule has 0 N–H and O–H groups in total. The summed E-state index contributed by atoms with van der Waals surface area (Å²) >= 11 is 0. The summed E-state index contributed by atoms with van der Waals surface area (Å²) < 4.78 is 0. The zero-order valence-corrected chi connectivity index (χ0v) is 13.5. The first-order valence-electron chi connectivity index (χ1n) is 8.07. The molecule has 0 rings (SSSR count). The Labute approximate surface area is 112 Å². The Hall–Kier alpha value is 0.430. The molecular weight excluding hydrogens is 223 g/mol. The zero-order chi connectivity index (χ0) is 12.8. The predicted molar refractivity (Wildman–Crippen MR) is 84.7 cm³/mol. The molecule has 0 spiro atoms. The van der Waals surface area contributed by atoms with Crippen molar-refractivity contribution in [2.45, 2.75) is 85.0 Å². The molecule has 0 aromatic heterocycles. The van der Waals surface area contributed by atoms with Crippen LogP contribution in [0.25, 0.3) is 0 Å². The molecule has 0 aliphatic heterocycles. The molecule has 104 valence electrons. The van der Waals surface area contributed by atoms with E-state index in [1.807, 2.05) is 0 Å². The lowest BCUT2D eigenvalue weighted by Crippen LogP contribution is -1.90. The van der Waals surface area contributed by atoms with Crippen LogP contribution >= 0.6 is 7.92 Å². The summed E-state index contributed by atoms with van der Waals surface area (Å²) in [5.41, 5.74) is 0. The Bertz CT molecular complexity index is 129. The van der Waals surface area contributed by atoms with Crippen LogP contribution in [0, 0.1) is 0 Å². The van der Waals surface area contributed by atoms with E-state index in [2.05, 4.69) is 20.8 Å². The van der Waals surface area contributed by atoms with Crippen LogP contribution in [0.4, 0.5) is 0 Å². The smallest absolute Gasteiger partial charge is 0.0326 e. The summed E-state index contributed by atoms with van der Waals surface area (Å²) in [6, 6.07) is 0. The maximum Gasteiger partial charge on any atom is -0.0326 e. The molecule has 0 aliphatic carbocycles. The van der Waals surface area contributed by atoms with Crippen molar-refractivity contribution in [2.75, 3.05) is 18.5 Å². The largest absolute Gasteiger partial charge is 0.107 e. The van der Waals surface area contributed by atoms with E-state index in [1.165, 1.54) is 76.5 Å². The zero-order valence-electron chi connectivity index (χ0n) is 12.6. The Morgan fingerprint density at radius 1 is 0.529 bits per heavy atom. The molecular formula is C16H35P. The first-order valence-corrected chi connectivity index (χ1v) is 9.97. The van der Waals surface area contributed by atoms with E-state index in [4.69, 9.17) is 0 Å².